The van der Waals surface area contributed by atoms with Gasteiger partial charge in [-0.15, -0.1) is 0 Å². The molecule has 78 valence electrons. The number of rotatable bonds is 4. The molecule has 2 nitrogen and oxygen atoms in total. The number of hydrogen-bond donors (Lipinski definition) is 1. The minimum atomic E-state index is -4.15. The molecule has 0 spiro atoms. The van der Waals surface area contributed by atoms with Gasteiger partial charge in [0.1, 0.15) is 5.82 Å². The van der Waals surface area contributed by atoms with Crippen molar-refractivity contribution in [2.75, 3.05) is 17.6 Å². The van der Waals surface area contributed by atoms with E-state index in [4.69, 9.17) is 0 Å². The molecule has 1 heterocycles. The molecule has 0 saturated carbocycles. The van der Waals surface area contributed by atoms with Crippen molar-refractivity contribution in [1.29, 1.82) is 0 Å². The Labute approximate surface area is 83.9 Å². The normalized spacial score (nSPS) is 11.4. The highest BCUT2D eigenvalue weighted by Crippen LogP contribution is 2.29. The zero-order valence-electron chi connectivity index (χ0n) is 7.21. The van der Waals surface area contributed by atoms with Gasteiger partial charge in [-0.3, -0.25) is 0 Å². The Kier molecular flexibility index (Phi) is 4.06. The Morgan fingerprint density at radius 3 is 2.71 bits per heavy atom. The Hall–Kier alpha value is -0.910. The first-order chi connectivity index (χ1) is 6.58. The zero-order valence-corrected chi connectivity index (χ0v) is 8.03. The van der Waals surface area contributed by atoms with Crippen LogP contribution < -0.4 is 5.32 Å². The second-order valence-corrected chi connectivity index (χ2v) is 3.60. The van der Waals surface area contributed by atoms with Crippen molar-refractivity contribution in [3.05, 3.63) is 24.4 Å². The molecule has 6 heteroatoms. The molecular formula is C8H9F3N2S. The largest absolute Gasteiger partial charge is 0.441 e. The molecule has 0 aromatic carbocycles. The van der Waals surface area contributed by atoms with Gasteiger partial charge in [-0.05, 0) is 23.9 Å². The number of thioether (sulfide) groups is 1. The van der Waals surface area contributed by atoms with Gasteiger partial charge in [0.25, 0.3) is 0 Å². The third kappa shape index (κ3) is 4.96. The molecular weight excluding hydrogens is 213 g/mol. The number of halogens is 3. The van der Waals surface area contributed by atoms with Crippen LogP contribution in [0.25, 0.3) is 0 Å². The van der Waals surface area contributed by atoms with Gasteiger partial charge in [0, 0.05) is 18.5 Å². The van der Waals surface area contributed by atoms with Crippen LogP contribution in [-0.4, -0.2) is 22.8 Å². The van der Waals surface area contributed by atoms with Gasteiger partial charge in [-0.25, -0.2) is 4.98 Å². The first-order valence-corrected chi connectivity index (χ1v) is 4.92. The summed E-state index contributed by atoms with van der Waals surface area (Å²) >= 11 is -0.0375. The molecule has 0 saturated heterocycles. The molecule has 14 heavy (non-hydrogen) atoms. The molecule has 0 radical (unpaired) electrons. The molecule has 0 aliphatic carbocycles. The van der Waals surface area contributed by atoms with Crippen molar-refractivity contribution >= 4 is 17.6 Å². The van der Waals surface area contributed by atoms with Gasteiger partial charge in [0.05, 0.1) is 0 Å². The number of pyridine rings is 1. The van der Waals surface area contributed by atoms with Gasteiger partial charge in [0.15, 0.2) is 0 Å². The van der Waals surface area contributed by atoms with Crippen molar-refractivity contribution in [3.8, 4) is 0 Å². The average Bonchev–Trinajstić information content (AvgIpc) is 2.13. The summed E-state index contributed by atoms with van der Waals surface area (Å²) < 4.78 is 35.1. The summed E-state index contributed by atoms with van der Waals surface area (Å²) in [5, 5.41) is 2.79. The maximum absolute atomic E-state index is 11.7. The van der Waals surface area contributed by atoms with Crippen LogP contribution in [-0.2, 0) is 0 Å². The summed E-state index contributed by atoms with van der Waals surface area (Å²) in [6, 6.07) is 5.22. The molecule has 0 amide bonds. The molecule has 0 unspecified atom stereocenters. The van der Waals surface area contributed by atoms with Crippen LogP contribution in [0.4, 0.5) is 19.0 Å². The van der Waals surface area contributed by atoms with E-state index in [0.717, 1.165) is 0 Å². The number of alkyl halides is 3. The fraction of sp³-hybridized carbons (Fsp3) is 0.375. The zero-order chi connectivity index (χ0) is 10.4. The van der Waals surface area contributed by atoms with Crippen LogP contribution in [0.1, 0.15) is 0 Å². The van der Waals surface area contributed by atoms with Crippen molar-refractivity contribution in [2.45, 2.75) is 5.51 Å². The van der Waals surface area contributed by atoms with E-state index in [1.54, 1.807) is 24.4 Å². The van der Waals surface area contributed by atoms with Gasteiger partial charge in [-0.2, -0.15) is 13.2 Å². The highest BCUT2D eigenvalue weighted by Gasteiger charge is 2.27. The Bertz CT molecular complexity index is 263. The van der Waals surface area contributed by atoms with Gasteiger partial charge < -0.3 is 5.32 Å². The smallest absolute Gasteiger partial charge is 0.369 e. The van der Waals surface area contributed by atoms with Crippen LogP contribution >= 0.6 is 11.8 Å². The quantitative estimate of drug-likeness (QED) is 0.793. The molecule has 0 fully saturated rings. The lowest BCUT2D eigenvalue weighted by atomic mass is 10.4. The van der Waals surface area contributed by atoms with E-state index in [9.17, 15) is 13.2 Å². The van der Waals surface area contributed by atoms with E-state index < -0.39 is 5.51 Å². The van der Waals surface area contributed by atoms with Gasteiger partial charge in [0.2, 0.25) is 0 Å². The van der Waals surface area contributed by atoms with E-state index in [2.05, 4.69) is 10.3 Å². The number of nitrogens with zero attached hydrogens (tertiary/aromatic N) is 1. The summed E-state index contributed by atoms with van der Waals surface area (Å²) in [4.78, 5) is 3.91. The second-order valence-electron chi connectivity index (χ2n) is 2.44. The summed E-state index contributed by atoms with van der Waals surface area (Å²) in [6.45, 7) is 0.251. The predicted octanol–water partition coefficient (Wildman–Crippen LogP) is 2.75. The fourth-order valence-electron chi connectivity index (χ4n) is 0.813. The predicted molar refractivity (Wildman–Crippen MR) is 51.2 cm³/mol. The number of nitrogens with one attached hydrogen (secondary N) is 1. The van der Waals surface area contributed by atoms with E-state index in [-0.39, 0.29) is 24.1 Å². The van der Waals surface area contributed by atoms with Gasteiger partial charge >= 0.3 is 5.51 Å². The fourth-order valence-corrected chi connectivity index (χ4v) is 1.25. The van der Waals surface area contributed by atoms with E-state index in [1.807, 2.05) is 0 Å². The van der Waals surface area contributed by atoms with Crippen molar-refractivity contribution in [1.82, 2.24) is 4.98 Å². The molecule has 0 bridgehead atoms. The number of hydrogen-bond acceptors (Lipinski definition) is 3. The van der Waals surface area contributed by atoms with E-state index >= 15 is 0 Å². The summed E-state index contributed by atoms with van der Waals surface area (Å²) in [5.41, 5.74) is -4.15. The number of aromatic nitrogens is 1. The van der Waals surface area contributed by atoms with Crippen molar-refractivity contribution in [3.63, 3.8) is 0 Å². The lowest BCUT2D eigenvalue weighted by molar-refractivity contribution is -0.0327. The lowest BCUT2D eigenvalue weighted by Crippen LogP contribution is -2.09. The highest BCUT2D eigenvalue weighted by molar-refractivity contribution is 8.00. The van der Waals surface area contributed by atoms with Crippen LogP contribution in [0.15, 0.2) is 24.4 Å². The van der Waals surface area contributed by atoms with E-state index in [1.165, 1.54) is 0 Å². The Morgan fingerprint density at radius 2 is 2.14 bits per heavy atom. The van der Waals surface area contributed by atoms with Crippen LogP contribution in [0.2, 0.25) is 0 Å². The molecule has 1 N–H and O–H groups in total. The summed E-state index contributed by atoms with van der Waals surface area (Å²) in [6.07, 6.45) is 1.58. The minimum Gasteiger partial charge on any atom is -0.369 e. The third-order valence-corrected chi connectivity index (χ3v) is 2.07. The lowest BCUT2D eigenvalue weighted by Gasteiger charge is -2.06. The van der Waals surface area contributed by atoms with Crippen LogP contribution in [0.3, 0.4) is 0 Å². The maximum Gasteiger partial charge on any atom is 0.441 e. The summed E-state index contributed by atoms with van der Waals surface area (Å²) in [7, 11) is 0. The second kappa shape index (κ2) is 5.09. The SMILES string of the molecule is FC(F)(F)SCCNc1ccccn1. The third-order valence-electron chi connectivity index (χ3n) is 1.34. The first kappa shape index (κ1) is 11.2. The van der Waals surface area contributed by atoms with Crippen molar-refractivity contribution < 1.29 is 13.2 Å². The van der Waals surface area contributed by atoms with Gasteiger partial charge in [-0.1, -0.05) is 6.07 Å². The standard InChI is InChI=1S/C8H9F3N2S/c9-8(10,11)14-6-5-13-7-3-1-2-4-12-7/h1-4H,5-6H2,(H,12,13). The topological polar surface area (TPSA) is 24.9 Å². The Morgan fingerprint density at radius 1 is 1.36 bits per heavy atom. The first-order valence-electron chi connectivity index (χ1n) is 3.93. The molecule has 1 aromatic heterocycles. The maximum atomic E-state index is 11.7. The molecule has 0 atom stereocenters. The number of anilines is 1. The highest BCUT2D eigenvalue weighted by atomic mass is 32.2. The Balaban J connectivity index is 2.17. The van der Waals surface area contributed by atoms with Crippen molar-refractivity contribution in [2.24, 2.45) is 0 Å². The van der Waals surface area contributed by atoms with Crippen LogP contribution in [0, 0.1) is 0 Å². The minimum absolute atomic E-state index is 0.0138. The van der Waals surface area contributed by atoms with Crippen LogP contribution in [0.5, 0.6) is 0 Å². The molecule has 1 rings (SSSR count). The molecule has 1 aromatic rings. The monoisotopic (exact) mass is 222 g/mol. The average molecular weight is 222 g/mol. The summed E-state index contributed by atoms with van der Waals surface area (Å²) in [5.74, 6) is 0.579. The molecule has 0 aliphatic heterocycles. The molecule has 0 aliphatic rings. The van der Waals surface area contributed by atoms with E-state index in [0.29, 0.717) is 5.82 Å².